The zero-order valence-electron chi connectivity index (χ0n) is 10.2. The van der Waals surface area contributed by atoms with E-state index in [0.717, 1.165) is 4.91 Å². The normalized spacial score (nSPS) is 20.1. The van der Waals surface area contributed by atoms with Crippen molar-refractivity contribution in [1.29, 1.82) is 0 Å². The standard InChI is InChI=1S/C16H12FNS/c17-15-9-5-4-8-13(15)10-14-11-18-16(19-14)12-6-2-1-3-7-12/h1-11,16H/b14-10-. The first-order valence-corrected chi connectivity index (χ1v) is 6.92. The van der Waals surface area contributed by atoms with Crippen LogP contribution in [0.5, 0.6) is 0 Å². The Morgan fingerprint density at radius 2 is 1.74 bits per heavy atom. The fourth-order valence-electron chi connectivity index (χ4n) is 1.92. The van der Waals surface area contributed by atoms with E-state index in [1.165, 1.54) is 11.6 Å². The molecule has 0 spiro atoms. The van der Waals surface area contributed by atoms with E-state index in [-0.39, 0.29) is 11.2 Å². The fourth-order valence-corrected chi connectivity index (χ4v) is 2.91. The van der Waals surface area contributed by atoms with Crippen molar-refractivity contribution in [3.8, 4) is 0 Å². The Hall–Kier alpha value is -1.87. The van der Waals surface area contributed by atoms with Crippen LogP contribution in [0.25, 0.3) is 6.08 Å². The van der Waals surface area contributed by atoms with Crippen molar-refractivity contribution in [2.75, 3.05) is 0 Å². The maximum absolute atomic E-state index is 13.6. The second-order valence-electron chi connectivity index (χ2n) is 4.23. The van der Waals surface area contributed by atoms with Gasteiger partial charge in [0.25, 0.3) is 0 Å². The average molecular weight is 269 g/mol. The Morgan fingerprint density at radius 3 is 2.53 bits per heavy atom. The number of aliphatic imine (C=N–C) groups is 1. The monoisotopic (exact) mass is 269 g/mol. The predicted molar refractivity (Wildman–Crippen MR) is 79.6 cm³/mol. The van der Waals surface area contributed by atoms with Gasteiger partial charge in [-0.3, -0.25) is 4.99 Å². The minimum Gasteiger partial charge on any atom is -0.273 e. The Kier molecular flexibility index (Phi) is 3.47. The second kappa shape index (κ2) is 5.41. The molecule has 1 heterocycles. The molecule has 2 aromatic carbocycles. The number of thioether (sulfide) groups is 1. The van der Waals surface area contributed by atoms with Crippen molar-refractivity contribution >= 4 is 24.1 Å². The Labute approximate surface area is 115 Å². The van der Waals surface area contributed by atoms with Crippen LogP contribution in [0.2, 0.25) is 0 Å². The minimum atomic E-state index is -0.202. The first-order chi connectivity index (χ1) is 9.33. The molecule has 1 nitrogen and oxygen atoms in total. The molecule has 0 radical (unpaired) electrons. The number of hydrogen-bond acceptors (Lipinski definition) is 2. The highest BCUT2D eigenvalue weighted by molar-refractivity contribution is 8.04. The van der Waals surface area contributed by atoms with Crippen molar-refractivity contribution in [1.82, 2.24) is 0 Å². The summed E-state index contributed by atoms with van der Waals surface area (Å²) in [5.74, 6) is -0.202. The van der Waals surface area contributed by atoms with E-state index in [0.29, 0.717) is 5.56 Å². The number of hydrogen-bond donors (Lipinski definition) is 0. The zero-order chi connectivity index (χ0) is 13.1. The quantitative estimate of drug-likeness (QED) is 0.771. The number of nitrogens with zero attached hydrogens (tertiary/aromatic N) is 1. The van der Waals surface area contributed by atoms with Crippen LogP contribution in [-0.2, 0) is 0 Å². The summed E-state index contributed by atoms with van der Waals surface area (Å²) in [6, 6.07) is 16.9. The molecule has 1 unspecified atom stereocenters. The van der Waals surface area contributed by atoms with Crippen LogP contribution in [0.3, 0.4) is 0 Å². The van der Waals surface area contributed by atoms with Crippen LogP contribution in [0.15, 0.2) is 64.5 Å². The SMILES string of the molecule is Fc1ccccc1/C=C1/C=NC(c2ccccc2)S1. The van der Waals surface area contributed by atoms with Crippen molar-refractivity contribution in [2.24, 2.45) is 4.99 Å². The third-order valence-corrected chi connectivity index (χ3v) is 3.99. The maximum atomic E-state index is 13.6. The van der Waals surface area contributed by atoms with Gasteiger partial charge >= 0.3 is 0 Å². The molecular formula is C16H12FNS. The van der Waals surface area contributed by atoms with Gasteiger partial charge in [-0.05, 0) is 17.7 Å². The molecule has 2 aromatic rings. The summed E-state index contributed by atoms with van der Waals surface area (Å²) in [7, 11) is 0. The van der Waals surface area contributed by atoms with Crippen molar-refractivity contribution < 1.29 is 4.39 Å². The van der Waals surface area contributed by atoms with Gasteiger partial charge in [-0.2, -0.15) is 0 Å². The van der Waals surface area contributed by atoms with Gasteiger partial charge in [-0.15, -0.1) is 0 Å². The summed E-state index contributed by atoms with van der Waals surface area (Å²) in [4.78, 5) is 5.45. The largest absolute Gasteiger partial charge is 0.273 e. The van der Waals surface area contributed by atoms with E-state index in [1.54, 1.807) is 23.9 Å². The molecular weight excluding hydrogens is 257 g/mol. The fraction of sp³-hybridized carbons (Fsp3) is 0.0625. The number of rotatable bonds is 2. The molecule has 0 N–H and O–H groups in total. The average Bonchev–Trinajstić information content (AvgIpc) is 2.91. The lowest BCUT2D eigenvalue weighted by atomic mass is 10.2. The summed E-state index contributed by atoms with van der Waals surface area (Å²) in [5, 5.41) is 0.0826. The van der Waals surface area contributed by atoms with E-state index < -0.39 is 0 Å². The van der Waals surface area contributed by atoms with Crippen LogP contribution in [0.4, 0.5) is 4.39 Å². The van der Waals surface area contributed by atoms with Crippen LogP contribution in [0.1, 0.15) is 16.5 Å². The number of halogens is 1. The van der Waals surface area contributed by atoms with E-state index >= 15 is 0 Å². The van der Waals surface area contributed by atoms with Gasteiger partial charge in [0.2, 0.25) is 0 Å². The second-order valence-corrected chi connectivity index (χ2v) is 5.38. The van der Waals surface area contributed by atoms with E-state index in [2.05, 4.69) is 17.1 Å². The highest BCUT2D eigenvalue weighted by Gasteiger charge is 2.17. The van der Waals surface area contributed by atoms with Gasteiger partial charge in [0.15, 0.2) is 0 Å². The van der Waals surface area contributed by atoms with Crippen LogP contribution < -0.4 is 0 Å². The van der Waals surface area contributed by atoms with Crippen molar-refractivity contribution in [3.63, 3.8) is 0 Å². The molecule has 0 saturated heterocycles. The van der Waals surface area contributed by atoms with Gasteiger partial charge in [0.1, 0.15) is 11.2 Å². The first kappa shape index (κ1) is 12.2. The lowest BCUT2D eigenvalue weighted by molar-refractivity contribution is 0.625. The summed E-state index contributed by atoms with van der Waals surface area (Å²) >= 11 is 1.64. The molecule has 1 aliphatic rings. The summed E-state index contributed by atoms with van der Waals surface area (Å²) in [5.41, 5.74) is 1.77. The maximum Gasteiger partial charge on any atom is 0.130 e. The van der Waals surface area contributed by atoms with E-state index in [9.17, 15) is 4.39 Å². The third kappa shape index (κ3) is 2.76. The Balaban J connectivity index is 1.81. The van der Waals surface area contributed by atoms with Gasteiger partial charge in [0, 0.05) is 16.7 Å². The minimum absolute atomic E-state index is 0.0826. The smallest absolute Gasteiger partial charge is 0.130 e. The molecule has 94 valence electrons. The summed E-state index contributed by atoms with van der Waals surface area (Å²) in [6.45, 7) is 0. The van der Waals surface area contributed by atoms with Crippen LogP contribution in [-0.4, -0.2) is 6.21 Å². The Bertz CT molecular complexity index is 634. The molecule has 0 aromatic heterocycles. The van der Waals surface area contributed by atoms with Gasteiger partial charge in [-0.25, -0.2) is 4.39 Å². The first-order valence-electron chi connectivity index (χ1n) is 6.04. The molecule has 0 saturated carbocycles. The number of allylic oxidation sites excluding steroid dienone is 1. The molecule has 0 amide bonds. The van der Waals surface area contributed by atoms with E-state index in [1.807, 2.05) is 36.6 Å². The lowest BCUT2D eigenvalue weighted by Crippen LogP contribution is -1.84. The highest BCUT2D eigenvalue weighted by Crippen LogP contribution is 2.40. The van der Waals surface area contributed by atoms with Gasteiger partial charge in [-0.1, -0.05) is 60.3 Å². The highest BCUT2D eigenvalue weighted by atomic mass is 32.2. The third-order valence-electron chi connectivity index (χ3n) is 2.87. The molecule has 1 aliphatic heterocycles. The molecule has 0 aliphatic carbocycles. The Morgan fingerprint density at radius 1 is 1.00 bits per heavy atom. The van der Waals surface area contributed by atoms with E-state index in [4.69, 9.17) is 0 Å². The van der Waals surface area contributed by atoms with Crippen molar-refractivity contribution in [3.05, 3.63) is 76.4 Å². The zero-order valence-corrected chi connectivity index (χ0v) is 11.0. The molecule has 1 atom stereocenters. The molecule has 3 rings (SSSR count). The molecule has 0 bridgehead atoms. The van der Waals surface area contributed by atoms with Crippen LogP contribution in [0, 0.1) is 5.82 Å². The topological polar surface area (TPSA) is 12.4 Å². The van der Waals surface area contributed by atoms with Gasteiger partial charge < -0.3 is 0 Å². The van der Waals surface area contributed by atoms with Crippen LogP contribution >= 0.6 is 11.8 Å². The van der Waals surface area contributed by atoms with Gasteiger partial charge in [0.05, 0.1) is 0 Å². The predicted octanol–water partition coefficient (Wildman–Crippen LogP) is 4.68. The number of benzene rings is 2. The lowest BCUT2D eigenvalue weighted by Gasteiger charge is -2.05. The molecule has 3 heteroatoms. The summed E-state index contributed by atoms with van der Waals surface area (Å²) < 4.78 is 13.6. The van der Waals surface area contributed by atoms with Crippen molar-refractivity contribution in [2.45, 2.75) is 5.37 Å². The molecule has 19 heavy (non-hydrogen) atoms. The molecule has 0 fully saturated rings. The summed E-state index contributed by atoms with van der Waals surface area (Å²) in [6.07, 6.45) is 3.65.